The van der Waals surface area contributed by atoms with Crippen molar-refractivity contribution >= 4 is 11.8 Å². The fraction of sp³-hybridized carbons (Fsp3) is 0.348. The molecule has 0 aliphatic carbocycles. The number of pyridine rings is 1. The van der Waals surface area contributed by atoms with Gasteiger partial charge in [0.25, 0.3) is 5.89 Å². The van der Waals surface area contributed by atoms with E-state index in [9.17, 15) is 5.11 Å². The second-order valence-electron chi connectivity index (χ2n) is 8.77. The first-order chi connectivity index (χ1) is 15.6. The molecule has 0 aliphatic heterocycles. The normalized spacial score (nSPS) is 13.7. The first kappa shape index (κ1) is 23.9. The molecule has 33 heavy (non-hydrogen) atoms. The average Bonchev–Trinajstić information content (AvgIpc) is 3.38. The van der Waals surface area contributed by atoms with Crippen LogP contribution in [0.5, 0.6) is 0 Å². The van der Waals surface area contributed by atoms with Gasteiger partial charge in [0.15, 0.2) is 5.82 Å². The maximum atomic E-state index is 9.99. The fourth-order valence-corrected chi connectivity index (χ4v) is 3.37. The van der Waals surface area contributed by atoms with Gasteiger partial charge in [-0.2, -0.15) is 10.1 Å². The summed E-state index contributed by atoms with van der Waals surface area (Å²) in [5, 5.41) is 18.5. The van der Waals surface area contributed by atoms with Crippen molar-refractivity contribution in [1.29, 1.82) is 0 Å². The second kappa shape index (κ2) is 9.78. The van der Waals surface area contributed by atoms with E-state index < -0.39 is 5.60 Å². The molecule has 3 aromatic heterocycles. The lowest BCUT2D eigenvalue weighted by molar-refractivity contribution is 0.0577. The molecule has 5 N–H and O–H groups in total. The van der Waals surface area contributed by atoms with Crippen LogP contribution in [0.2, 0.25) is 0 Å². The van der Waals surface area contributed by atoms with Crippen molar-refractivity contribution in [3.8, 4) is 11.5 Å². The number of nitrogens with two attached hydrogens (primary N) is 2. The highest BCUT2D eigenvalue weighted by molar-refractivity contribution is 6.09. The van der Waals surface area contributed by atoms with Crippen LogP contribution >= 0.6 is 0 Å². The maximum Gasteiger partial charge on any atom is 0.261 e. The predicted octanol–water partition coefficient (Wildman–Crippen LogP) is 2.69. The fourth-order valence-electron chi connectivity index (χ4n) is 3.37. The van der Waals surface area contributed by atoms with Crippen molar-refractivity contribution in [3.63, 3.8) is 0 Å². The Morgan fingerprint density at radius 1 is 1.33 bits per heavy atom. The zero-order chi connectivity index (χ0) is 24.2. The minimum atomic E-state index is -0.881. The molecule has 0 spiro atoms. The summed E-state index contributed by atoms with van der Waals surface area (Å²) >= 11 is 0. The summed E-state index contributed by atoms with van der Waals surface area (Å²) in [6.07, 6.45) is 8.12. The summed E-state index contributed by atoms with van der Waals surface area (Å²) in [6.45, 7) is 11.5. The zero-order valence-corrected chi connectivity index (χ0v) is 19.3. The van der Waals surface area contributed by atoms with Crippen LogP contribution in [0.3, 0.4) is 0 Å². The van der Waals surface area contributed by atoms with Gasteiger partial charge in [0.1, 0.15) is 5.82 Å². The highest BCUT2D eigenvalue weighted by Gasteiger charge is 2.25. The van der Waals surface area contributed by atoms with E-state index in [-0.39, 0.29) is 17.7 Å². The van der Waals surface area contributed by atoms with Crippen molar-refractivity contribution < 1.29 is 9.63 Å². The second-order valence-corrected chi connectivity index (χ2v) is 8.77. The Morgan fingerprint density at radius 2 is 2.09 bits per heavy atom. The standard InChI is InChI=1S/C23H30N8O2/c1-14(2)20(16-6-7-19(27-9-16)17(8-24)10-26-15(3)25)21-29-22(33-30-21)18-11-28-31(12-18)13-23(4,5)32/h6-12,14,20,32H,3,13,24-25H2,1-2,4-5H3/b17-8+,26-10?/t20-/m1/s1. The van der Waals surface area contributed by atoms with Gasteiger partial charge in [0.2, 0.25) is 0 Å². The van der Waals surface area contributed by atoms with Gasteiger partial charge >= 0.3 is 0 Å². The van der Waals surface area contributed by atoms with Crippen LogP contribution in [0, 0.1) is 5.92 Å². The third kappa shape index (κ3) is 6.13. The molecule has 3 rings (SSSR count). The smallest absolute Gasteiger partial charge is 0.261 e. The third-order valence-electron chi connectivity index (χ3n) is 4.81. The van der Waals surface area contributed by atoms with E-state index in [1.807, 2.05) is 12.1 Å². The van der Waals surface area contributed by atoms with Crippen molar-refractivity contribution in [1.82, 2.24) is 24.9 Å². The number of allylic oxidation sites excluding steroid dienone is 1. The van der Waals surface area contributed by atoms with E-state index in [0.717, 1.165) is 5.56 Å². The summed E-state index contributed by atoms with van der Waals surface area (Å²) < 4.78 is 7.17. The van der Waals surface area contributed by atoms with Crippen LogP contribution in [0.4, 0.5) is 0 Å². The lowest BCUT2D eigenvalue weighted by Crippen LogP contribution is -2.26. The molecule has 0 saturated carbocycles. The third-order valence-corrected chi connectivity index (χ3v) is 4.81. The molecule has 0 unspecified atom stereocenters. The van der Waals surface area contributed by atoms with Crippen LogP contribution in [0.15, 0.2) is 58.8 Å². The predicted molar refractivity (Wildman–Crippen MR) is 127 cm³/mol. The van der Waals surface area contributed by atoms with Crippen molar-refractivity contribution in [2.24, 2.45) is 22.4 Å². The quantitative estimate of drug-likeness (QED) is 0.420. The summed E-state index contributed by atoms with van der Waals surface area (Å²) in [7, 11) is 0. The van der Waals surface area contributed by atoms with Gasteiger partial charge in [-0.25, -0.2) is 4.99 Å². The molecule has 0 saturated heterocycles. The van der Waals surface area contributed by atoms with Gasteiger partial charge in [0.05, 0.1) is 35.5 Å². The SMILES string of the molecule is C=C(N)N=C/C(=C\N)c1ccc([C@H](c2noc(-c3cnn(CC(C)(C)O)c3)n2)C(C)C)cn1. The molecular weight excluding hydrogens is 420 g/mol. The largest absolute Gasteiger partial charge is 0.404 e. The lowest BCUT2D eigenvalue weighted by atomic mass is 9.88. The van der Waals surface area contributed by atoms with Crippen LogP contribution < -0.4 is 11.5 Å². The van der Waals surface area contributed by atoms with Crippen LogP contribution in [-0.2, 0) is 6.54 Å². The molecule has 10 nitrogen and oxygen atoms in total. The van der Waals surface area contributed by atoms with Gasteiger partial charge in [-0.1, -0.05) is 31.6 Å². The Kier molecular flexibility index (Phi) is 7.07. The highest BCUT2D eigenvalue weighted by Crippen LogP contribution is 2.31. The van der Waals surface area contributed by atoms with Gasteiger partial charge in [-0.3, -0.25) is 9.67 Å². The zero-order valence-electron chi connectivity index (χ0n) is 19.3. The first-order valence-electron chi connectivity index (χ1n) is 10.5. The molecule has 0 aromatic carbocycles. The van der Waals surface area contributed by atoms with Crippen molar-refractivity contribution in [2.75, 3.05) is 0 Å². The highest BCUT2D eigenvalue weighted by atomic mass is 16.5. The van der Waals surface area contributed by atoms with Gasteiger partial charge in [0, 0.05) is 30.4 Å². The Morgan fingerprint density at radius 3 is 2.67 bits per heavy atom. The number of aliphatic imine (C=N–C) groups is 1. The van der Waals surface area contributed by atoms with Crippen LogP contribution in [-0.4, -0.2) is 41.8 Å². The first-order valence-corrected chi connectivity index (χ1v) is 10.5. The van der Waals surface area contributed by atoms with E-state index in [1.165, 1.54) is 12.4 Å². The number of rotatable bonds is 9. The summed E-state index contributed by atoms with van der Waals surface area (Å²) in [5.41, 5.74) is 13.2. The molecule has 0 amide bonds. The minimum Gasteiger partial charge on any atom is -0.404 e. The Bertz CT molecular complexity index is 1150. The molecule has 0 radical (unpaired) electrons. The lowest BCUT2D eigenvalue weighted by Gasteiger charge is -2.17. The van der Waals surface area contributed by atoms with E-state index in [2.05, 4.69) is 45.6 Å². The molecule has 174 valence electrons. The number of hydrogen-bond acceptors (Lipinski definition) is 9. The van der Waals surface area contributed by atoms with E-state index in [1.54, 1.807) is 37.1 Å². The Balaban J connectivity index is 1.84. The van der Waals surface area contributed by atoms with Gasteiger partial charge in [-0.05, 0) is 31.4 Å². The van der Waals surface area contributed by atoms with Crippen LogP contribution in [0.1, 0.15) is 50.7 Å². The molecular formula is C23H30N8O2. The Labute approximate surface area is 192 Å². The number of nitrogens with zero attached hydrogens (tertiary/aromatic N) is 6. The molecule has 1 atom stereocenters. The monoisotopic (exact) mass is 450 g/mol. The molecule has 0 fully saturated rings. The minimum absolute atomic E-state index is 0.127. The Hall–Kier alpha value is -3.79. The summed E-state index contributed by atoms with van der Waals surface area (Å²) in [5.74, 6) is 1.17. The number of aliphatic hydroxyl groups is 1. The maximum absolute atomic E-state index is 9.99. The van der Waals surface area contributed by atoms with Crippen molar-refractivity contribution in [2.45, 2.75) is 45.8 Å². The molecule has 3 heterocycles. The molecule has 0 aliphatic rings. The molecule has 0 bridgehead atoms. The van der Waals surface area contributed by atoms with E-state index in [0.29, 0.717) is 35.1 Å². The number of hydrogen-bond donors (Lipinski definition) is 3. The average molecular weight is 451 g/mol. The van der Waals surface area contributed by atoms with Gasteiger partial charge < -0.3 is 21.1 Å². The van der Waals surface area contributed by atoms with E-state index >= 15 is 0 Å². The van der Waals surface area contributed by atoms with Crippen LogP contribution in [0.25, 0.3) is 17.0 Å². The van der Waals surface area contributed by atoms with Crippen molar-refractivity contribution in [3.05, 3.63) is 66.4 Å². The topological polar surface area (TPSA) is 154 Å². The molecule has 3 aromatic rings. The van der Waals surface area contributed by atoms with Gasteiger partial charge in [-0.15, -0.1) is 0 Å². The summed E-state index contributed by atoms with van der Waals surface area (Å²) in [6, 6.07) is 3.81. The number of aromatic nitrogens is 5. The van der Waals surface area contributed by atoms with E-state index in [4.69, 9.17) is 16.0 Å². The molecule has 10 heteroatoms. The summed E-state index contributed by atoms with van der Waals surface area (Å²) in [4.78, 5) is 13.1.